The third-order valence-electron chi connectivity index (χ3n) is 2.38. The predicted molar refractivity (Wildman–Crippen MR) is 71.0 cm³/mol. The quantitative estimate of drug-likeness (QED) is 0.497. The van der Waals surface area contributed by atoms with Crippen LogP contribution in [0, 0.1) is 0 Å². The van der Waals surface area contributed by atoms with Gasteiger partial charge in [0.25, 0.3) is 0 Å². The lowest BCUT2D eigenvalue weighted by atomic mass is 10.1. The fraction of sp³-hybridized carbons (Fsp3) is 0.917. The Kier molecular flexibility index (Phi) is 11.3. The summed E-state index contributed by atoms with van der Waals surface area (Å²) in [7, 11) is 1.68. The minimum Gasteiger partial charge on any atom is -0.384 e. The third kappa shape index (κ3) is 10.4. The maximum absolute atomic E-state index is 11.4. The Morgan fingerprint density at radius 2 is 2.12 bits per heavy atom. The molecule has 0 aromatic rings. The number of carbonyl (C=O) groups is 1. The smallest absolute Gasteiger partial charge is 0.219 e. The van der Waals surface area contributed by atoms with Crippen LogP contribution in [0.5, 0.6) is 0 Å². The number of nitrogens with one attached hydrogen (secondary N) is 1. The second-order valence-electron chi connectivity index (χ2n) is 4.00. The summed E-state index contributed by atoms with van der Waals surface area (Å²) in [6.45, 7) is 3.59. The van der Waals surface area contributed by atoms with E-state index in [1.54, 1.807) is 7.11 Å². The van der Waals surface area contributed by atoms with Crippen LogP contribution < -0.4 is 5.32 Å². The molecule has 0 fully saturated rings. The number of hydrogen-bond acceptors (Lipinski definition) is 2. The van der Waals surface area contributed by atoms with Gasteiger partial charge in [-0.3, -0.25) is 4.79 Å². The lowest BCUT2D eigenvalue weighted by Gasteiger charge is -2.09. The van der Waals surface area contributed by atoms with Crippen molar-refractivity contribution in [3.05, 3.63) is 0 Å². The highest BCUT2D eigenvalue weighted by atomic mass is 79.9. The van der Waals surface area contributed by atoms with Crippen LogP contribution in [0.3, 0.4) is 0 Å². The Labute approximate surface area is 107 Å². The van der Waals surface area contributed by atoms with E-state index in [-0.39, 0.29) is 5.91 Å². The number of alkyl halides is 1. The number of halogens is 1. The molecular weight excluding hydrogens is 270 g/mol. The lowest BCUT2D eigenvalue weighted by Crippen LogP contribution is -2.26. The molecule has 1 atom stereocenters. The van der Waals surface area contributed by atoms with Gasteiger partial charge in [0.1, 0.15) is 0 Å². The molecule has 96 valence electrons. The zero-order valence-corrected chi connectivity index (χ0v) is 12.0. The minimum absolute atomic E-state index is 0.174. The van der Waals surface area contributed by atoms with E-state index in [1.165, 1.54) is 12.8 Å². The molecule has 0 aliphatic heterocycles. The molecule has 1 N–H and O–H groups in total. The number of unbranched alkanes of at least 4 members (excludes halogenated alkanes) is 3. The Balaban J connectivity index is 3.29. The molecule has 0 saturated heterocycles. The summed E-state index contributed by atoms with van der Waals surface area (Å²) in [6.07, 6.45) is 6.18. The standard InChI is InChI=1S/C12H24BrNO2/c1-3-4-5-6-7-12(15)14-9-8-11(13)10-16-2/h11H,3-10H2,1-2H3,(H,14,15). The first-order chi connectivity index (χ1) is 7.70. The molecule has 4 heteroatoms. The summed E-state index contributed by atoms with van der Waals surface area (Å²) < 4.78 is 4.99. The van der Waals surface area contributed by atoms with E-state index in [0.717, 1.165) is 25.8 Å². The van der Waals surface area contributed by atoms with Gasteiger partial charge in [-0.25, -0.2) is 0 Å². The molecule has 0 radical (unpaired) electrons. The van der Waals surface area contributed by atoms with Crippen LogP contribution in [0.2, 0.25) is 0 Å². The highest BCUT2D eigenvalue weighted by molar-refractivity contribution is 9.09. The largest absolute Gasteiger partial charge is 0.384 e. The summed E-state index contributed by atoms with van der Waals surface area (Å²) in [5, 5.41) is 2.92. The van der Waals surface area contributed by atoms with Gasteiger partial charge < -0.3 is 10.1 Å². The molecule has 0 spiro atoms. The van der Waals surface area contributed by atoms with Gasteiger partial charge in [-0.15, -0.1) is 0 Å². The van der Waals surface area contributed by atoms with Crippen molar-refractivity contribution in [2.24, 2.45) is 0 Å². The van der Waals surface area contributed by atoms with Crippen LogP contribution in [-0.4, -0.2) is 31.0 Å². The van der Waals surface area contributed by atoms with Crippen molar-refractivity contribution in [2.75, 3.05) is 20.3 Å². The van der Waals surface area contributed by atoms with E-state index in [4.69, 9.17) is 4.74 Å². The Morgan fingerprint density at radius 1 is 1.38 bits per heavy atom. The van der Waals surface area contributed by atoms with Crippen LogP contribution in [0.1, 0.15) is 45.4 Å². The molecule has 0 aromatic carbocycles. The van der Waals surface area contributed by atoms with Gasteiger partial charge in [0, 0.05) is 24.9 Å². The van der Waals surface area contributed by atoms with E-state index < -0.39 is 0 Å². The number of hydrogen-bond donors (Lipinski definition) is 1. The van der Waals surface area contributed by atoms with Gasteiger partial charge in [0.15, 0.2) is 0 Å². The van der Waals surface area contributed by atoms with Crippen LogP contribution in [0.25, 0.3) is 0 Å². The van der Waals surface area contributed by atoms with Crippen LogP contribution >= 0.6 is 15.9 Å². The summed E-state index contributed by atoms with van der Waals surface area (Å²) in [4.78, 5) is 11.7. The number of ether oxygens (including phenoxy) is 1. The van der Waals surface area contributed by atoms with Crippen molar-refractivity contribution < 1.29 is 9.53 Å². The van der Waals surface area contributed by atoms with Crippen LogP contribution in [0.15, 0.2) is 0 Å². The average molecular weight is 294 g/mol. The van der Waals surface area contributed by atoms with Gasteiger partial charge in [-0.2, -0.15) is 0 Å². The molecule has 3 nitrogen and oxygen atoms in total. The predicted octanol–water partition coefficient (Wildman–Crippen LogP) is 2.87. The number of methoxy groups -OCH3 is 1. The molecule has 1 unspecified atom stereocenters. The highest BCUT2D eigenvalue weighted by Gasteiger charge is 2.04. The zero-order chi connectivity index (χ0) is 12.2. The molecular formula is C12H24BrNO2. The van der Waals surface area contributed by atoms with Gasteiger partial charge in [-0.05, 0) is 12.8 Å². The maximum Gasteiger partial charge on any atom is 0.219 e. The van der Waals surface area contributed by atoms with E-state index in [9.17, 15) is 4.79 Å². The van der Waals surface area contributed by atoms with Crippen molar-refractivity contribution in [1.82, 2.24) is 5.32 Å². The second kappa shape index (κ2) is 11.4. The van der Waals surface area contributed by atoms with E-state index in [2.05, 4.69) is 28.2 Å². The molecule has 16 heavy (non-hydrogen) atoms. The Bertz CT molecular complexity index is 176. The molecule has 0 saturated carbocycles. The highest BCUT2D eigenvalue weighted by Crippen LogP contribution is 2.05. The van der Waals surface area contributed by atoms with Crippen LogP contribution in [-0.2, 0) is 9.53 Å². The summed E-state index contributed by atoms with van der Waals surface area (Å²) in [5.41, 5.74) is 0. The Morgan fingerprint density at radius 3 is 2.75 bits per heavy atom. The first-order valence-electron chi connectivity index (χ1n) is 6.10. The lowest BCUT2D eigenvalue weighted by molar-refractivity contribution is -0.121. The van der Waals surface area contributed by atoms with Crippen molar-refractivity contribution in [3.8, 4) is 0 Å². The molecule has 0 aliphatic carbocycles. The molecule has 0 rings (SSSR count). The van der Waals surface area contributed by atoms with Gasteiger partial charge in [-0.1, -0.05) is 42.1 Å². The third-order valence-corrected chi connectivity index (χ3v) is 3.11. The second-order valence-corrected chi connectivity index (χ2v) is 5.30. The van der Waals surface area contributed by atoms with E-state index >= 15 is 0 Å². The van der Waals surface area contributed by atoms with Crippen LogP contribution in [0.4, 0.5) is 0 Å². The van der Waals surface area contributed by atoms with E-state index in [0.29, 0.717) is 17.9 Å². The first-order valence-corrected chi connectivity index (χ1v) is 7.02. The van der Waals surface area contributed by atoms with Gasteiger partial charge >= 0.3 is 0 Å². The summed E-state index contributed by atoms with van der Waals surface area (Å²) in [6, 6.07) is 0. The van der Waals surface area contributed by atoms with Crippen molar-refractivity contribution in [2.45, 2.75) is 50.3 Å². The summed E-state index contributed by atoms with van der Waals surface area (Å²) in [5.74, 6) is 0.174. The molecule has 0 aromatic heterocycles. The minimum atomic E-state index is 0.174. The fourth-order valence-electron chi connectivity index (χ4n) is 1.43. The maximum atomic E-state index is 11.4. The molecule has 0 aliphatic rings. The normalized spacial score (nSPS) is 12.4. The number of carbonyl (C=O) groups excluding carboxylic acids is 1. The van der Waals surface area contributed by atoms with Crippen molar-refractivity contribution in [3.63, 3.8) is 0 Å². The topological polar surface area (TPSA) is 38.3 Å². The molecule has 0 bridgehead atoms. The molecule has 0 heterocycles. The SMILES string of the molecule is CCCCCCC(=O)NCCC(Br)COC. The Hall–Kier alpha value is -0.0900. The summed E-state index contributed by atoms with van der Waals surface area (Å²) >= 11 is 3.49. The van der Waals surface area contributed by atoms with Gasteiger partial charge in [0.05, 0.1) is 6.61 Å². The van der Waals surface area contributed by atoms with Crippen molar-refractivity contribution in [1.29, 1.82) is 0 Å². The van der Waals surface area contributed by atoms with Crippen molar-refractivity contribution >= 4 is 21.8 Å². The monoisotopic (exact) mass is 293 g/mol. The van der Waals surface area contributed by atoms with Gasteiger partial charge in [0.2, 0.25) is 5.91 Å². The fourth-order valence-corrected chi connectivity index (χ4v) is 1.93. The number of rotatable bonds is 10. The zero-order valence-electron chi connectivity index (χ0n) is 10.4. The van der Waals surface area contributed by atoms with E-state index in [1.807, 2.05) is 0 Å². The number of amides is 1. The average Bonchev–Trinajstić information content (AvgIpc) is 2.25. The molecule has 1 amide bonds. The first kappa shape index (κ1) is 15.9.